The molecule has 2 aromatic rings. The summed E-state index contributed by atoms with van der Waals surface area (Å²) >= 11 is 6.01. The fraction of sp³-hybridized carbons (Fsp3) is 0.235. The van der Waals surface area contributed by atoms with Crippen LogP contribution in [-0.2, 0) is 9.53 Å². The van der Waals surface area contributed by atoms with Crippen molar-refractivity contribution in [2.45, 2.75) is 26.4 Å². The predicted octanol–water partition coefficient (Wildman–Crippen LogP) is 3.58. The van der Waals surface area contributed by atoms with Crippen LogP contribution in [0.2, 0.25) is 5.02 Å². The largest absolute Gasteiger partial charge is 0.478 e. The second-order valence-electron chi connectivity index (χ2n) is 6.05. The Bertz CT molecular complexity index is 803. The molecule has 6 nitrogen and oxygen atoms in total. The van der Waals surface area contributed by atoms with Crippen molar-refractivity contribution in [3.05, 3.63) is 52.8 Å². The number of ether oxygens (including phenoxy) is 1. The molecule has 1 heterocycles. The maximum absolute atomic E-state index is 11.8. The van der Waals surface area contributed by atoms with E-state index in [2.05, 4.69) is 5.10 Å². The summed E-state index contributed by atoms with van der Waals surface area (Å²) in [5, 5.41) is 13.5. The smallest absolute Gasteiger partial charge is 0.338 e. The lowest BCUT2D eigenvalue weighted by molar-refractivity contribution is -0.148. The summed E-state index contributed by atoms with van der Waals surface area (Å²) in [6.07, 6.45) is 5.48. The van der Waals surface area contributed by atoms with Crippen molar-refractivity contribution in [2.75, 3.05) is 0 Å². The molecule has 0 saturated heterocycles. The zero-order chi connectivity index (χ0) is 17.9. The predicted molar refractivity (Wildman–Crippen MR) is 90.4 cm³/mol. The molecular weight excluding hydrogens is 332 g/mol. The number of aromatic nitrogens is 2. The van der Waals surface area contributed by atoms with E-state index < -0.39 is 17.5 Å². The molecule has 24 heavy (non-hydrogen) atoms. The quantitative estimate of drug-likeness (QED) is 0.674. The summed E-state index contributed by atoms with van der Waals surface area (Å²) in [6, 6.07) is 5.00. The van der Waals surface area contributed by atoms with Crippen molar-refractivity contribution in [1.82, 2.24) is 9.78 Å². The molecule has 1 aromatic heterocycles. The number of nitrogens with zero attached hydrogens (tertiary/aromatic N) is 2. The number of carboxylic acid groups (broad SMARTS) is 1. The van der Waals surface area contributed by atoms with Gasteiger partial charge in [-0.05, 0) is 45.0 Å². The van der Waals surface area contributed by atoms with Gasteiger partial charge in [-0.15, -0.1) is 0 Å². The molecule has 0 aliphatic heterocycles. The van der Waals surface area contributed by atoms with Gasteiger partial charge >= 0.3 is 11.9 Å². The van der Waals surface area contributed by atoms with E-state index in [4.69, 9.17) is 21.4 Å². The topological polar surface area (TPSA) is 81.4 Å². The Kier molecular flexibility index (Phi) is 5.09. The average molecular weight is 349 g/mol. The second kappa shape index (κ2) is 6.88. The Balaban J connectivity index is 2.34. The molecule has 0 atom stereocenters. The van der Waals surface area contributed by atoms with Crippen LogP contribution in [0, 0.1) is 0 Å². The zero-order valence-electron chi connectivity index (χ0n) is 13.5. The monoisotopic (exact) mass is 348 g/mol. The summed E-state index contributed by atoms with van der Waals surface area (Å²) in [7, 11) is 0. The van der Waals surface area contributed by atoms with E-state index in [1.54, 1.807) is 45.0 Å². The normalized spacial score (nSPS) is 11.7. The minimum Gasteiger partial charge on any atom is -0.478 e. The third-order valence-electron chi connectivity index (χ3n) is 2.87. The lowest BCUT2D eigenvalue weighted by atomic mass is 10.1. The molecule has 126 valence electrons. The van der Waals surface area contributed by atoms with E-state index in [0.717, 1.165) is 0 Å². The molecule has 0 spiro atoms. The summed E-state index contributed by atoms with van der Waals surface area (Å²) in [6.45, 7) is 5.34. The number of hydrogen-bond donors (Lipinski definition) is 1. The van der Waals surface area contributed by atoms with Gasteiger partial charge in [0.15, 0.2) is 0 Å². The molecule has 0 fully saturated rings. The van der Waals surface area contributed by atoms with Gasteiger partial charge in [-0.2, -0.15) is 5.10 Å². The molecule has 1 aromatic carbocycles. The van der Waals surface area contributed by atoms with E-state index in [-0.39, 0.29) is 5.56 Å². The van der Waals surface area contributed by atoms with Crippen LogP contribution < -0.4 is 0 Å². The number of rotatable bonds is 4. The first kappa shape index (κ1) is 17.7. The summed E-state index contributed by atoms with van der Waals surface area (Å²) in [4.78, 5) is 22.8. The van der Waals surface area contributed by atoms with Gasteiger partial charge in [0.1, 0.15) is 5.60 Å². The number of esters is 1. The molecule has 0 amide bonds. The van der Waals surface area contributed by atoms with E-state index in [9.17, 15) is 9.59 Å². The fourth-order valence-electron chi connectivity index (χ4n) is 1.93. The van der Waals surface area contributed by atoms with Gasteiger partial charge < -0.3 is 9.84 Å². The van der Waals surface area contributed by atoms with E-state index in [1.165, 1.54) is 23.2 Å². The van der Waals surface area contributed by atoms with Crippen LogP contribution >= 0.6 is 11.6 Å². The lowest BCUT2D eigenvalue weighted by Gasteiger charge is -2.18. The molecule has 0 bridgehead atoms. The highest BCUT2D eigenvalue weighted by atomic mass is 35.5. The molecule has 0 unspecified atom stereocenters. The maximum atomic E-state index is 11.8. The minimum atomic E-state index is -1.07. The first-order valence-corrected chi connectivity index (χ1v) is 7.52. The summed E-state index contributed by atoms with van der Waals surface area (Å²) in [5.74, 6) is -1.55. The molecular formula is C17H17ClN2O4. The van der Waals surface area contributed by atoms with Crippen LogP contribution in [0.5, 0.6) is 0 Å². The van der Waals surface area contributed by atoms with Crippen LogP contribution in [-0.4, -0.2) is 32.4 Å². The zero-order valence-corrected chi connectivity index (χ0v) is 14.2. The Morgan fingerprint density at radius 3 is 2.62 bits per heavy atom. The van der Waals surface area contributed by atoms with Gasteiger partial charge in [0.05, 0.1) is 17.4 Å². The van der Waals surface area contributed by atoms with E-state index >= 15 is 0 Å². The highest BCUT2D eigenvalue weighted by Crippen LogP contribution is 2.21. The molecule has 2 rings (SSSR count). The molecule has 0 aliphatic rings. The van der Waals surface area contributed by atoms with Crippen LogP contribution in [0.25, 0.3) is 11.8 Å². The molecule has 1 N–H and O–H groups in total. The van der Waals surface area contributed by atoms with Crippen molar-refractivity contribution in [3.8, 4) is 5.69 Å². The van der Waals surface area contributed by atoms with Gasteiger partial charge in [-0.1, -0.05) is 11.6 Å². The van der Waals surface area contributed by atoms with Crippen LogP contribution in [0.3, 0.4) is 0 Å². The van der Waals surface area contributed by atoms with Crippen molar-refractivity contribution in [3.63, 3.8) is 0 Å². The standard InChI is InChI=1S/C17H17ClN2O4/c1-17(2,3)24-15(21)7-4-11-8-13(18)5-6-14(11)20-10-12(9-19-20)16(22)23/h4-10H,1-3H3,(H,22,23)/b7-4+. The molecule has 0 radical (unpaired) electrons. The van der Waals surface area contributed by atoms with Crippen molar-refractivity contribution < 1.29 is 19.4 Å². The van der Waals surface area contributed by atoms with Crippen molar-refractivity contribution in [2.24, 2.45) is 0 Å². The third kappa shape index (κ3) is 4.70. The number of hydrogen-bond acceptors (Lipinski definition) is 4. The van der Waals surface area contributed by atoms with Gasteiger partial charge in [-0.3, -0.25) is 0 Å². The second-order valence-corrected chi connectivity index (χ2v) is 6.49. The third-order valence-corrected chi connectivity index (χ3v) is 3.11. The van der Waals surface area contributed by atoms with Crippen LogP contribution in [0.4, 0.5) is 0 Å². The Labute approximate surface area is 144 Å². The number of halogens is 1. The van der Waals surface area contributed by atoms with Gasteiger partial charge in [0.2, 0.25) is 0 Å². The minimum absolute atomic E-state index is 0.0621. The molecule has 0 aliphatic carbocycles. The summed E-state index contributed by atoms with van der Waals surface area (Å²) < 4.78 is 6.62. The Morgan fingerprint density at radius 1 is 1.33 bits per heavy atom. The van der Waals surface area contributed by atoms with Crippen molar-refractivity contribution >= 4 is 29.6 Å². The summed E-state index contributed by atoms with van der Waals surface area (Å²) in [5.41, 5.74) is 0.670. The highest BCUT2D eigenvalue weighted by molar-refractivity contribution is 6.30. The number of aromatic carboxylic acids is 1. The Morgan fingerprint density at radius 2 is 2.04 bits per heavy atom. The maximum Gasteiger partial charge on any atom is 0.338 e. The van der Waals surface area contributed by atoms with E-state index in [0.29, 0.717) is 16.3 Å². The number of carbonyl (C=O) groups is 2. The first-order chi connectivity index (χ1) is 11.2. The highest BCUT2D eigenvalue weighted by Gasteiger charge is 2.14. The van der Waals surface area contributed by atoms with Crippen molar-refractivity contribution in [1.29, 1.82) is 0 Å². The first-order valence-electron chi connectivity index (χ1n) is 7.15. The number of benzene rings is 1. The Hall–Kier alpha value is -2.60. The van der Waals surface area contributed by atoms with Crippen LogP contribution in [0.1, 0.15) is 36.7 Å². The lowest BCUT2D eigenvalue weighted by Crippen LogP contribution is -2.22. The number of carbonyl (C=O) groups excluding carboxylic acids is 1. The van der Waals surface area contributed by atoms with Gasteiger partial charge in [0, 0.05) is 22.9 Å². The number of carboxylic acids is 1. The fourth-order valence-corrected chi connectivity index (χ4v) is 2.11. The van der Waals surface area contributed by atoms with Gasteiger partial charge in [-0.25, -0.2) is 14.3 Å². The average Bonchev–Trinajstić information content (AvgIpc) is 2.93. The van der Waals surface area contributed by atoms with E-state index in [1.807, 2.05) is 0 Å². The molecule has 0 saturated carbocycles. The SMILES string of the molecule is CC(C)(C)OC(=O)/C=C/c1cc(Cl)ccc1-n1cc(C(=O)O)cn1. The molecule has 7 heteroatoms. The van der Waals surface area contributed by atoms with Gasteiger partial charge in [0.25, 0.3) is 0 Å². The van der Waals surface area contributed by atoms with Crippen LogP contribution in [0.15, 0.2) is 36.7 Å².